The topological polar surface area (TPSA) is 64.0 Å². The fourth-order valence-electron chi connectivity index (χ4n) is 2.48. The van der Waals surface area contributed by atoms with Gasteiger partial charge in [-0.05, 0) is 36.4 Å². The number of amides is 1. The Bertz CT molecular complexity index is 1130. The number of hydrogen-bond donors (Lipinski definition) is 1. The van der Waals surface area contributed by atoms with Crippen LogP contribution in [0.3, 0.4) is 0 Å². The van der Waals surface area contributed by atoms with Gasteiger partial charge in [0.15, 0.2) is 5.16 Å². The number of rotatable bonds is 6. The van der Waals surface area contributed by atoms with Crippen LogP contribution in [-0.4, -0.2) is 21.2 Å². The molecule has 9 heteroatoms. The Kier molecular flexibility index (Phi) is 6.67. The number of anilines is 1. The maximum Gasteiger partial charge on any atom is 0.262 e. The summed E-state index contributed by atoms with van der Waals surface area (Å²) in [5.41, 5.74) is 0.669. The summed E-state index contributed by atoms with van der Waals surface area (Å²) >= 11 is 19.1. The maximum atomic E-state index is 12.8. The summed E-state index contributed by atoms with van der Waals surface area (Å²) < 4.78 is 1.47. The number of aromatic nitrogens is 2. The highest BCUT2D eigenvalue weighted by atomic mass is 35.5. The molecule has 0 fully saturated rings. The van der Waals surface area contributed by atoms with Gasteiger partial charge in [0.25, 0.3) is 5.56 Å². The monoisotopic (exact) mass is 453 g/mol. The lowest BCUT2D eigenvalue weighted by Crippen LogP contribution is -2.23. The molecule has 0 spiro atoms. The van der Waals surface area contributed by atoms with E-state index in [0.29, 0.717) is 36.8 Å². The second-order valence-electron chi connectivity index (χ2n) is 5.72. The van der Waals surface area contributed by atoms with Gasteiger partial charge in [-0.2, -0.15) is 0 Å². The molecule has 0 unspecified atom stereocenters. The van der Waals surface area contributed by atoms with E-state index < -0.39 is 0 Å². The Hall–Kier alpha value is -1.99. The van der Waals surface area contributed by atoms with E-state index >= 15 is 0 Å². The van der Waals surface area contributed by atoms with E-state index in [9.17, 15) is 9.59 Å². The molecule has 0 aliphatic carbocycles. The molecule has 2 aromatic carbocycles. The number of halogens is 3. The zero-order valence-corrected chi connectivity index (χ0v) is 17.5. The summed E-state index contributed by atoms with van der Waals surface area (Å²) in [6.45, 7) is 3.95. The number of thioether (sulfide) groups is 1. The number of nitrogens with zero attached hydrogens (tertiary/aromatic N) is 2. The minimum absolute atomic E-state index is 0.0263. The fourth-order valence-corrected chi connectivity index (χ4v) is 3.80. The molecule has 28 heavy (non-hydrogen) atoms. The van der Waals surface area contributed by atoms with Gasteiger partial charge in [-0.1, -0.05) is 52.6 Å². The highest BCUT2D eigenvalue weighted by molar-refractivity contribution is 7.99. The summed E-state index contributed by atoms with van der Waals surface area (Å²) in [6.07, 6.45) is 1.60. The van der Waals surface area contributed by atoms with E-state index in [1.54, 1.807) is 42.5 Å². The first kappa shape index (κ1) is 20.7. The Labute approximate surface area is 180 Å². The summed E-state index contributed by atoms with van der Waals surface area (Å²) in [7, 11) is 0. The summed E-state index contributed by atoms with van der Waals surface area (Å²) in [6, 6.07) is 9.69. The van der Waals surface area contributed by atoms with Crippen molar-refractivity contribution in [1.82, 2.24) is 9.55 Å². The lowest BCUT2D eigenvalue weighted by Gasteiger charge is -2.12. The van der Waals surface area contributed by atoms with Crippen LogP contribution >= 0.6 is 46.6 Å². The number of hydrogen-bond acceptors (Lipinski definition) is 4. The van der Waals surface area contributed by atoms with Gasteiger partial charge in [0.05, 0.1) is 27.4 Å². The lowest BCUT2D eigenvalue weighted by molar-refractivity contribution is -0.113. The van der Waals surface area contributed by atoms with Crippen molar-refractivity contribution in [3.63, 3.8) is 0 Å². The Balaban J connectivity index is 1.85. The second-order valence-corrected chi connectivity index (χ2v) is 7.94. The third-order valence-corrected chi connectivity index (χ3v) is 5.51. The molecular formula is C19H14Cl3N3O2S. The van der Waals surface area contributed by atoms with E-state index in [2.05, 4.69) is 16.9 Å². The van der Waals surface area contributed by atoms with E-state index in [-0.39, 0.29) is 23.8 Å². The third-order valence-electron chi connectivity index (χ3n) is 3.73. The van der Waals surface area contributed by atoms with Gasteiger partial charge in [-0.3, -0.25) is 14.2 Å². The molecule has 0 atom stereocenters. The quantitative estimate of drug-likeness (QED) is 0.313. The molecule has 0 radical (unpaired) electrons. The number of benzene rings is 2. The average molecular weight is 455 g/mol. The molecule has 1 aromatic heterocycles. The van der Waals surface area contributed by atoms with Crippen LogP contribution in [-0.2, 0) is 11.3 Å². The standard InChI is InChI=1S/C19H14Cl3N3O2S/c1-2-7-25-18(27)13-5-3-11(20)8-15(13)24-19(25)28-10-17(26)23-16-9-12(21)4-6-14(16)22/h2-6,8-9H,1,7,10H2,(H,23,26). The van der Waals surface area contributed by atoms with E-state index in [0.717, 1.165) is 11.8 Å². The predicted octanol–water partition coefficient (Wildman–Crippen LogP) is 5.27. The maximum absolute atomic E-state index is 12.8. The van der Waals surface area contributed by atoms with Crippen molar-refractivity contribution in [3.8, 4) is 0 Å². The number of carbonyl (C=O) groups is 1. The van der Waals surface area contributed by atoms with Crippen LogP contribution < -0.4 is 10.9 Å². The summed E-state index contributed by atoms with van der Waals surface area (Å²) in [5, 5.41) is 4.86. The Morgan fingerprint density at radius 2 is 1.89 bits per heavy atom. The molecule has 0 bridgehead atoms. The van der Waals surface area contributed by atoms with Gasteiger partial charge in [-0.15, -0.1) is 6.58 Å². The van der Waals surface area contributed by atoms with Crippen LogP contribution in [0.25, 0.3) is 10.9 Å². The minimum atomic E-state index is -0.306. The summed E-state index contributed by atoms with van der Waals surface area (Å²) in [5.74, 6) is -0.279. The molecule has 0 aliphatic rings. The van der Waals surface area contributed by atoms with Crippen LogP contribution in [0.1, 0.15) is 0 Å². The van der Waals surface area contributed by atoms with Crippen molar-refractivity contribution >= 4 is 69.1 Å². The molecule has 1 N–H and O–H groups in total. The first-order chi connectivity index (χ1) is 13.4. The smallest absolute Gasteiger partial charge is 0.262 e. The normalized spacial score (nSPS) is 10.8. The van der Waals surface area contributed by atoms with Crippen LogP contribution in [0.5, 0.6) is 0 Å². The zero-order valence-electron chi connectivity index (χ0n) is 14.4. The predicted molar refractivity (Wildman–Crippen MR) is 117 cm³/mol. The largest absolute Gasteiger partial charge is 0.324 e. The summed E-state index contributed by atoms with van der Waals surface area (Å²) in [4.78, 5) is 29.6. The lowest BCUT2D eigenvalue weighted by atomic mass is 10.2. The van der Waals surface area contributed by atoms with Crippen molar-refractivity contribution in [2.45, 2.75) is 11.7 Å². The molecule has 0 saturated heterocycles. The van der Waals surface area contributed by atoms with Crippen molar-refractivity contribution in [2.24, 2.45) is 0 Å². The highest BCUT2D eigenvalue weighted by Gasteiger charge is 2.14. The molecule has 1 amide bonds. The van der Waals surface area contributed by atoms with Crippen molar-refractivity contribution in [1.29, 1.82) is 0 Å². The van der Waals surface area contributed by atoms with Crippen LogP contribution in [0.4, 0.5) is 5.69 Å². The van der Waals surface area contributed by atoms with Crippen molar-refractivity contribution in [3.05, 3.63) is 74.5 Å². The molecule has 144 valence electrons. The van der Waals surface area contributed by atoms with Crippen LogP contribution in [0.2, 0.25) is 15.1 Å². The van der Waals surface area contributed by atoms with Gasteiger partial charge in [-0.25, -0.2) is 4.98 Å². The average Bonchev–Trinajstić information content (AvgIpc) is 2.65. The first-order valence-electron chi connectivity index (χ1n) is 8.07. The molecule has 5 nitrogen and oxygen atoms in total. The molecule has 3 aromatic rings. The van der Waals surface area contributed by atoms with E-state index in [4.69, 9.17) is 34.8 Å². The molecule has 3 rings (SSSR count). The van der Waals surface area contributed by atoms with Gasteiger partial charge in [0.2, 0.25) is 5.91 Å². The highest BCUT2D eigenvalue weighted by Crippen LogP contribution is 2.26. The number of allylic oxidation sites excluding steroid dienone is 1. The zero-order chi connectivity index (χ0) is 20.3. The number of carbonyl (C=O) groups excluding carboxylic acids is 1. The van der Waals surface area contributed by atoms with Crippen molar-refractivity contribution in [2.75, 3.05) is 11.1 Å². The number of nitrogens with one attached hydrogen (secondary N) is 1. The third kappa shape index (κ3) is 4.70. The first-order valence-corrected chi connectivity index (χ1v) is 10.2. The Morgan fingerprint density at radius 1 is 1.18 bits per heavy atom. The fraction of sp³-hybridized carbons (Fsp3) is 0.105. The van der Waals surface area contributed by atoms with Crippen LogP contribution in [0, 0.1) is 0 Å². The SMILES string of the molecule is C=CCn1c(SCC(=O)Nc2cc(Cl)ccc2Cl)nc2cc(Cl)ccc2c1=O. The van der Waals surface area contributed by atoms with Gasteiger partial charge in [0, 0.05) is 16.6 Å². The van der Waals surface area contributed by atoms with E-state index in [1.807, 2.05) is 0 Å². The van der Waals surface area contributed by atoms with Gasteiger partial charge >= 0.3 is 0 Å². The van der Waals surface area contributed by atoms with E-state index in [1.165, 1.54) is 4.57 Å². The Morgan fingerprint density at radius 3 is 2.64 bits per heavy atom. The molecule has 1 heterocycles. The van der Waals surface area contributed by atoms with Gasteiger partial charge < -0.3 is 5.32 Å². The minimum Gasteiger partial charge on any atom is -0.324 e. The van der Waals surface area contributed by atoms with Gasteiger partial charge in [0.1, 0.15) is 0 Å². The second kappa shape index (κ2) is 9.01. The van der Waals surface area contributed by atoms with Crippen LogP contribution in [0.15, 0.2) is 59.0 Å². The molecule has 0 aliphatic heterocycles. The number of fused-ring (bicyclic) bond motifs is 1. The molecular weight excluding hydrogens is 441 g/mol. The van der Waals surface area contributed by atoms with Crippen molar-refractivity contribution < 1.29 is 4.79 Å². The molecule has 0 saturated carbocycles.